The van der Waals surface area contributed by atoms with Gasteiger partial charge in [0.2, 0.25) is 0 Å². The molecule has 0 unspecified atom stereocenters. The van der Waals surface area contributed by atoms with E-state index in [1.165, 1.54) is 6.07 Å². The fraction of sp³-hybridized carbons (Fsp3) is 0. The van der Waals surface area contributed by atoms with Crippen molar-refractivity contribution in [1.29, 1.82) is 0 Å². The van der Waals surface area contributed by atoms with E-state index >= 15 is 0 Å². The van der Waals surface area contributed by atoms with Gasteiger partial charge in [0.15, 0.2) is 11.6 Å². The van der Waals surface area contributed by atoms with Gasteiger partial charge in [-0.25, -0.2) is 4.39 Å². The van der Waals surface area contributed by atoms with Gasteiger partial charge in [0.1, 0.15) is 0 Å². The van der Waals surface area contributed by atoms with E-state index in [0.717, 1.165) is 6.07 Å². The summed E-state index contributed by atoms with van der Waals surface area (Å²) in [6.07, 6.45) is 0. The molecule has 5 N–H and O–H groups in total. The maximum absolute atomic E-state index is 12.5. The lowest BCUT2D eigenvalue weighted by Crippen LogP contribution is -1.97. The van der Waals surface area contributed by atoms with E-state index in [-0.39, 0.29) is 11.4 Å². The van der Waals surface area contributed by atoms with Crippen LogP contribution in [0.1, 0.15) is 0 Å². The van der Waals surface area contributed by atoms with Gasteiger partial charge in [0.05, 0.1) is 11.4 Å². The summed E-state index contributed by atoms with van der Waals surface area (Å²) in [6.45, 7) is 0. The van der Waals surface area contributed by atoms with Crippen molar-refractivity contribution in [2.45, 2.75) is 0 Å². The third kappa shape index (κ3) is 0.834. The Balaban J connectivity index is 3.34. The zero-order valence-electron chi connectivity index (χ0n) is 5.13. The largest absolute Gasteiger partial charge is 0.505 e. The average Bonchev–Trinajstić information content (AvgIpc) is 1.93. The van der Waals surface area contributed by atoms with Crippen molar-refractivity contribution in [3.05, 3.63) is 17.9 Å². The molecule has 0 aliphatic carbocycles. The van der Waals surface area contributed by atoms with E-state index in [2.05, 4.69) is 0 Å². The number of aromatic hydroxyl groups is 1. The Morgan fingerprint density at radius 1 is 1.30 bits per heavy atom. The summed E-state index contributed by atoms with van der Waals surface area (Å²) in [5.41, 5.74) is 10.3. The van der Waals surface area contributed by atoms with E-state index in [1.807, 2.05) is 0 Å². The van der Waals surface area contributed by atoms with E-state index < -0.39 is 11.6 Å². The maximum atomic E-state index is 12.5. The highest BCUT2D eigenvalue weighted by Crippen LogP contribution is 2.25. The van der Waals surface area contributed by atoms with Crippen molar-refractivity contribution in [2.75, 3.05) is 11.5 Å². The molecule has 54 valence electrons. The zero-order chi connectivity index (χ0) is 7.72. The molecule has 0 radical (unpaired) electrons. The second-order valence-corrected chi connectivity index (χ2v) is 1.90. The number of nitrogen functional groups attached to an aromatic ring is 2. The molecular formula is C6H7FN2O. The molecule has 0 aliphatic heterocycles. The van der Waals surface area contributed by atoms with Crippen LogP contribution in [0, 0.1) is 5.82 Å². The molecular weight excluding hydrogens is 135 g/mol. The second kappa shape index (κ2) is 2.06. The molecule has 0 aromatic heterocycles. The first-order chi connectivity index (χ1) is 4.63. The van der Waals surface area contributed by atoms with Gasteiger partial charge in [-0.3, -0.25) is 0 Å². The van der Waals surface area contributed by atoms with Crippen LogP contribution < -0.4 is 11.5 Å². The number of nitrogens with two attached hydrogens (primary N) is 2. The molecule has 1 aromatic carbocycles. The maximum Gasteiger partial charge on any atom is 0.189 e. The molecule has 0 fully saturated rings. The summed E-state index contributed by atoms with van der Waals surface area (Å²) in [7, 11) is 0. The number of phenols is 1. The van der Waals surface area contributed by atoms with Gasteiger partial charge >= 0.3 is 0 Å². The van der Waals surface area contributed by atoms with Gasteiger partial charge in [-0.1, -0.05) is 0 Å². The Hall–Kier alpha value is -1.45. The summed E-state index contributed by atoms with van der Waals surface area (Å²) in [5.74, 6) is -1.34. The van der Waals surface area contributed by atoms with Crippen LogP contribution in [0.4, 0.5) is 15.8 Å². The van der Waals surface area contributed by atoms with Crippen molar-refractivity contribution in [1.82, 2.24) is 0 Å². The average molecular weight is 142 g/mol. The van der Waals surface area contributed by atoms with Crippen molar-refractivity contribution in [3.8, 4) is 5.75 Å². The summed E-state index contributed by atoms with van der Waals surface area (Å²) in [5, 5.41) is 8.71. The predicted octanol–water partition coefficient (Wildman–Crippen LogP) is 0.696. The Kier molecular flexibility index (Phi) is 1.37. The third-order valence-corrected chi connectivity index (χ3v) is 1.19. The number of rotatable bonds is 0. The van der Waals surface area contributed by atoms with Gasteiger partial charge in [-0.15, -0.1) is 0 Å². The number of anilines is 2. The Morgan fingerprint density at radius 2 is 1.90 bits per heavy atom. The van der Waals surface area contributed by atoms with Crippen LogP contribution in [0.5, 0.6) is 5.75 Å². The highest BCUT2D eigenvalue weighted by atomic mass is 19.1. The lowest BCUT2D eigenvalue weighted by atomic mass is 10.2. The number of phenolic OH excluding ortho intramolecular Hbond substituents is 1. The van der Waals surface area contributed by atoms with E-state index in [1.54, 1.807) is 0 Å². The minimum atomic E-state index is -0.861. The number of hydrogen-bond donors (Lipinski definition) is 3. The molecule has 0 amide bonds. The third-order valence-electron chi connectivity index (χ3n) is 1.19. The predicted molar refractivity (Wildman–Crippen MR) is 36.9 cm³/mol. The van der Waals surface area contributed by atoms with Gasteiger partial charge in [0.25, 0.3) is 0 Å². The molecule has 0 bridgehead atoms. The molecule has 3 nitrogen and oxygen atoms in total. The van der Waals surface area contributed by atoms with Crippen LogP contribution >= 0.6 is 0 Å². The topological polar surface area (TPSA) is 72.3 Å². The Morgan fingerprint density at radius 3 is 2.40 bits per heavy atom. The molecule has 1 rings (SSSR count). The van der Waals surface area contributed by atoms with E-state index in [9.17, 15) is 4.39 Å². The lowest BCUT2D eigenvalue weighted by Gasteiger charge is -2.01. The minimum absolute atomic E-state index is 0.135. The number of hydrogen-bond acceptors (Lipinski definition) is 3. The van der Waals surface area contributed by atoms with Crippen LogP contribution in [0.15, 0.2) is 12.1 Å². The second-order valence-electron chi connectivity index (χ2n) is 1.90. The van der Waals surface area contributed by atoms with Crippen LogP contribution in [0.25, 0.3) is 0 Å². The normalized spacial score (nSPS) is 9.70. The lowest BCUT2D eigenvalue weighted by molar-refractivity contribution is 0.434. The minimum Gasteiger partial charge on any atom is -0.505 e. The number of halogens is 1. The molecule has 0 saturated heterocycles. The SMILES string of the molecule is Nc1ccc(O)c(F)c1N. The highest BCUT2D eigenvalue weighted by Gasteiger charge is 2.05. The highest BCUT2D eigenvalue weighted by molar-refractivity contribution is 5.66. The van der Waals surface area contributed by atoms with Crippen LogP contribution in [-0.2, 0) is 0 Å². The summed E-state index contributed by atoms with van der Waals surface area (Å²) >= 11 is 0. The number of benzene rings is 1. The van der Waals surface area contributed by atoms with E-state index in [4.69, 9.17) is 16.6 Å². The molecule has 10 heavy (non-hydrogen) atoms. The first-order valence-corrected chi connectivity index (χ1v) is 2.65. The fourth-order valence-electron chi connectivity index (χ4n) is 0.596. The van der Waals surface area contributed by atoms with Gasteiger partial charge in [-0.05, 0) is 12.1 Å². The van der Waals surface area contributed by atoms with Crippen LogP contribution in [0.2, 0.25) is 0 Å². The van der Waals surface area contributed by atoms with Crippen molar-refractivity contribution in [3.63, 3.8) is 0 Å². The molecule has 4 heteroatoms. The standard InChI is InChI=1S/C6H7FN2O/c7-5-4(10)2-1-3(8)6(5)9/h1-2,10H,8-9H2. The monoisotopic (exact) mass is 142 g/mol. The van der Waals surface area contributed by atoms with E-state index in [0.29, 0.717) is 0 Å². The van der Waals surface area contributed by atoms with Gasteiger partial charge in [-0.2, -0.15) is 0 Å². The first kappa shape index (κ1) is 6.67. The molecule has 1 aromatic rings. The fourth-order valence-corrected chi connectivity index (χ4v) is 0.596. The van der Waals surface area contributed by atoms with Crippen LogP contribution in [0.3, 0.4) is 0 Å². The molecule has 0 spiro atoms. The van der Waals surface area contributed by atoms with Crippen LogP contribution in [-0.4, -0.2) is 5.11 Å². The Labute approximate surface area is 57.1 Å². The van der Waals surface area contributed by atoms with Crippen molar-refractivity contribution >= 4 is 11.4 Å². The molecule has 0 aliphatic rings. The van der Waals surface area contributed by atoms with Gasteiger partial charge < -0.3 is 16.6 Å². The summed E-state index contributed by atoms with van der Waals surface area (Å²) < 4.78 is 12.5. The van der Waals surface area contributed by atoms with Gasteiger partial charge in [0, 0.05) is 0 Å². The smallest absolute Gasteiger partial charge is 0.189 e. The molecule has 0 atom stereocenters. The van der Waals surface area contributed by atoms with Crippen molar-refractivity contribution < 1.29 is 9.50 Å². The molecule has 0 heterocycles. The quantitative estimate of drug-likeness (QED) is 0.368. The Bertz CT molecular complexity index is 235. The summed E-state index contributed by atoms with van der Waals surface area (Å²) in [4.78, 5) is 0. The van der Waals surface area contributed by atoms with Crippen molar-refractivity contribution in [2.24, 2.45) is 0 Å². The zero-order valence-corrected chi connectivity index (χ0v) is 5.13. The first-order valence-electron chi connectivity index (χ1n) is 2.65. The molecule has 0 saturated carbocycles. The summed E-state index contributed by atoms with van der Waals surface area (Å²) in [6, 6.07) is 2.49.